The lowest BCUT2D eigenvalue weighted by atomic mass is 10.1. The number of anilines is 1. The molecule has 0 fully saturated rings. The number of nitrogens with zero attached hydrogens (tertiary/aromatic N) is 1. The van der Waals surface area contributed by atoms with Crippen LogP contribution in [0.5, 0.6) is 0 Å². The van der Waals surface area contributed by atoms with Gasteiger partial charge in [0.05, 0.1) is 17.2 Å². The van der Waals surface area contributed by atoms with Crippen molar-refractivity contribution >= 4 is 21.6 Å². The third-order valence-corrected chi connectivity index (χ3v) is 3.73. The van der Waals surface area contributed by atoms with Crippen LogP contribution in [-0.2, 0) is 6.18 Å². The smallest absolute Gasteiger partial charge is 0.379 e. The summed E-state index contributed by atoms with van der Waals surface area (Å²) in [5, 5.41) is 11.8. The molecule has 0 radical (unpaired) electrons. The average Bonchev–Trinajstić information content (AvgIpc) is 2.47. The molecule has 2 rings (SSSR count). The zero-order valence-electron chi connectivity index (χ0n) is 11.6. The van der Waals surface area contributed by atoms with Crippen LogP contribution < -0.4 is 5.32 Å². The molecule has 0 unspecified atom stereocenters. The summed E-state index contributed by atoms with van der Waals surface area (Å²) >= 11 is 3.33. The number of alkyl halides is 3. The van der Waals surface area contributed by atoms with Gasteiger partial charge in [-0.25, -0.2) is 0 Å². The third kappa shape index (κ3) is 3.80. The average molecular weight is 369 g/mol. The van der Waals surface area contributed by atoms with E-state index in [0.717, 1.165) is 16.1 Å². The zero-order chi connectivity index (χ0) is 16.3. The van der Waals surface area contributed by atoms with E-state index in [9.17, 15) is 13.2 Å². The highest BCUT2D eigenvalue weighted by Gasteiger charge is 2.33. The Bertz CT molecular complexity index is 703. The van der Waals surface area contributed by atoms with E-state index < -0.39 is 11.7 Å². The van der Waals surface area contributed by atoms with Crippen LogP contribution in [-0.4, -0.2) is 0 Å². The minimum atomic E-state index is -4.55. The Morgan fingerprint density at radius 2 is 1.77 bits per heavy atom. The van der Waals surface area contributed by atoms with Crippen molar-refractivity contribution in [3.8, 4) is 6.07 Å². The molecule has 0 bridgehead atoms. The highest BCUT2D eigenvalue weighted by atomic mass is 79.9. The fourth-order valence-corrected chi connectivity index (χ4v) is 2.32. The van der Waals surface area contributed by atoms with Crippen molar-refractivity contribution in [1.29, 1.82) is 5.26 Å². The molecule has 0 saturated carbocycles. The number of rotatable bonds is 3. The molecule has 1 atom stereocenters. The molecule has 0 saturated heterocycles. The monoisotopic (exact) mass is 368 g/mol. The highest BCUT2D eigenvalue weighted by molar-refractivity contribution is 9.10. The van der Waals surface area contributed by atoms with Gasteiger partial charge in [-0.15, -0.1) is 0 Å². The molecule has 2 nitrogen and oxygen atoms in total. The van der Waals surface area contributed by atoms with Crippen molar-refractivity contribution in [2.75, 3.05) is 5.32 Å². The first-order valence-electron chi connectivity index (χ1n) is 6.44. The molecule has 0 aliphatic carbocycles. The summed E-state index contributed by atoms with van der Waals surface area (Å²) in [4.78, 5) is 0. The summed E-state index contributed by atoms with van der Waals surface area (Å²) in [5.74, 6) is 0. The Kier molecular flexibility index (Phi) is 4.77. The summed E-state index contributed by atoms with van der Waals surface area (Å²) in [6.45, 7) is 1.86. The standard InChI is InChI=1S/C16H12BrF3N2/c1-10(11-2-5-13(17)6-3-11)22-14-7-4-12(9-21)15(8-14)16(18,19)20/h2-8,10,22H,1H3/t10-/m1/s1. The second kappa shape index (κ2) is 6.41. The van der Waals surface area contributed by atoms with Crippen molar-refractivity contribution in [2.45, 2.75) is 19.1 Å². The van der Waals surface area contributed by atoms with Gasteiger partial charge >= 0.3 is 6.18 Å². The maximum Gasteiger partial charge on any atom is 0.417 e. The van der Waals surface area contributed by atoms with Gasteiger partial charge in [-0.1, -0.05) is 28.1 Å². The molecule has 22 heavy (non-hydrogen) atoms. The van der Waals surface area contributed by atoms with Crippen molar-refractivity contribution < 1.29 is 13.2 Å². The van der Waals surface area contributed by atoms with Crippen molar-refractivity contribution in [2.24, 2.45) is 0 Å². The summed E-state index contributed by atoms with van der Waals surface area (Å²) < 4.78 is 39.7. The van der Waals surface area contributed by atoms with E-state index in [2.05, 4.69) is 21.2 Å². The summed E-state index contributed by atoms with van der Waals surface area (Å²) in [7, 11) is 0. The Balaban J connectivity index is 2.27. The van der Waals surface area contributed by atoms with Crippen LogP contribution in [0.2, 0.25) is 0 Å². The minimum absolute atomic E-state index is 0.165. The van der Waals surface area contributed by atoms with E-state index in [0.29, 0.717) is 5.69 Å². The maximum atomic E-state index is 12.9. The lowest BCUT2D eigenvalue weighted by molar-refractivity contribution is -0.137. The van der Waals surface area contributed by atoms with Gasteiger partial charge in [-0.3, -0.25) is 0 Å². The SMILES string of the molecule is C[C@@H](Nc1ccc(C#N)c(C(F)(F)F)c1)c1ccc(Br)cc1. The van der Waals surface area contributed by atoms with E-state index in [-0.39, 0.29) is 11.6 Å². The zero-order valence-corrected chi connectivity index (χ0v) is 13.2. The van der Waals surface area contributed by atoms with Gasteiger partial charge in [0, 0.05) is 16.2 Å². The minimum Gasteiger partial charge on any atom is -0.379 e. The van der Waals surface area contributed by atoms with Gasteiger partial charge in [-0.05, 0) is 42.8 Å². The van der Waals surface area contributed by atoms with Gasteiger partial charge in [0.2, 0.25) is 0 Å². The quantitative estimate of drug-likeness (QED) is 0.774. The molecule has 0 aliphatic heterocycles. The van der Waals surface area contributed by atoms with Crippen molar-refractivity contribution in [3.05, 3.63) is 63.6 Å². The molecule has 0 aliphatic rings. The van der Waals surface area contributed by atoms with E-state index in [1.165, 1.54) is 12.1 Å². The molecule has 114 valence electrons. The summed E-state index contributed by atoms with van der Waals surface area (Å²) in [6.07, 6.45) is -4.55. The molecule has 1 N–H and O–H groups in total. The lowest BCUT2D eigenvalue weighted by Gasteiger charge is -2.17. The van der Waals surface area contributed by atoms with Gasteiger partial charge in [0.15, 0.2) is 0 Å². The van der Waals surface area contributed by atoms with Gasteiger partial charge in [0.1, 0.15) is 0 Å². The highest BCUT2D eigenvalue weighted by Crippen LogP contribution is 2.34. The normalized spacial score (nSPS) is 12.5. The first-order valence-corrected chi connectivity index (χ1v) is 7.24. The number of hydrogen-bond donors (Lipinski definition) is 1. The first-order chi connectivity index (χ1) is 10.3. The van der Waals surface area contributed by atoms with Crippen LogP contribution in [0.3, 0.4) is 0 Å². The van der Waals surface area contributed by atoms with E-state index in [1.54, 1.807) is 6.07 Å². The fraction of sp³-hybridized carbons (Fsp3) is 0.188. The molecule has 2 aromatic carbocycles. The number of nitrogens with one attached hydrogen (secondary N) is 1. The second-order valence-corrected chi connectivity index (χ2v) is 5.70. The number of hydrogen-bond acceptors (Lipinski definition) is 2. The molecule has 2 aromatic rings. The number of halogens is 4. The van der Waals surface area contributed by atoms with Crippen LogP contribution in [0.4, 0.5) is 18.9 Å². The lowest BCUT2D eigenvalue weighted by Crippen LogP contribution is -2.11. The van der Waals surface area contributed by atoms with Crippen molar-refractivity contribution in [1.82, 2.24) is 0 Å². The summed E-state index contributed by atoms with van der Waals surface area (Å²) in [5.41, 5.74) is -0.0415. The maximum absolute atomic E-state index is 12.9. The Morgan fingerprint density at radius 1 is 1.14 bits per heavy atom. The number of nitriles is 1. The van der Waals surface area contributed by atoms with Crippen LogP contribution in [0.1, 0.15) is 29.7 Å². The molecule has 0 amide bonds. The predicted molar refractivity (Wildman–Crippen MR) is 82.3 cm³/mol. The fourth-order valence-electron chi connectivity index (χ4n) is 2.05. The molecular weight excluding hydrogens is 357 g/mol. The van der Waals surface area contributed by atoms with Crippen molar-refractivity contribution in [3.63, 3.8) is 0 Å². The topological polar surface area (TPSA) is 35.8 Å². The largest absolute Gasteiger partial charge is 0.417 e. The van der Waals surface area contributed by atoms with Crippen LogP contribution >= 0.6 is 15.9 Å². The molecule has 6 heteroatoms. The van der Waals surface area contributed by atoms with Crippen LogP contribution in [0.25, 0.3) is 0 Å². The van der Waals surface area contributed by atoms with E-state index in [1.807, 2.05) is 31.2 Å². The molecule has 0 aromatic heterocycles. The molecule has 0 spiro atoms. The second-order valence-electron chi connectivity index (χ2n) is 4.79. The predicted octanol–water partition coefficient (Wildman–Crippen LogP) is 5.51. The van der Waals surface area contributed by atoms with Gasteiger partial charge < -0.3 is 5.32 Å². The van der Waals surface area contributed by atoms with Crippen LogP contribution in [0.15, 0.2) is 46.9 Å². The Morgan fingerprint density at radius 3 is 2.32 bits per heavy atom. The third-order valence-electron chi connectivity index (χ3n) is 3.20. The van der Waals surface area contributed by atoms with Gasteiger partial charge in [-0.2, -0.15) is 18.4 Å². The first kappa shape index (κ1) is 16.4. The van der Waals surface area contributed by atoms with E-state index in [4.69, 9.17) is 5.26 Å². The Labute approximate surface area is 134 Å². The van der Waals surface area contributed by atoms with Gasteiger partial charge in [0.25, 0.3) is 0 Å². The van der Waals surface area contributed by atoms with Crippen LogP contribution in [0, 0.1) is 11.3 Å². The molecular formula is C16H12BrF3N2. The Hall–Kier alpha value is -2.00. The molecule has 0 heterocycles. The number of benzene rings is 2. The van der Waals surface area contributed by atoms with E-state index >= 15 is 0 Å². The summed E-state index contributed by atoms with van der Waals surface area (Å²) in [6, 6.07) is 12.5.